The molecule has 3 N–H and O–H groups in total. The molecule has 0 radical (unpaired) electrons. The van der Waals surface area contributed by atoms with Crippen molar-refractivity contribution in [2.75, 3.05) is 0 Å². The van der Waals surface area contributed by atoms with Gasteiger partial charge in [-0.05, 0) is 45.4 Å². The maximum atomic E-state index is 12.1. The van der Waals surface area contributed by atoms with Crippen LogP contribution < -0.4 is 5.32 Å². The van der Waals surface area contributed by atoms with Gasteiger partial charge in [-0.25, -0.2) is 4.79 Å². The van der Waals surface area contributed by atoms with Crippen LogP contribution in [-0.4, -0.2) is 38.3 Å². The van der Waals surface area contributed by atoms with Gasteiger partial charge >= 0.3 is 6.09 Å². The van der Waals surface area contributed by atoms with Crippen LogP contribution in [-0.2, 0) is 14.3 Å². The van der Waals surface area contributed by atoms with E-state index < -0.39 is 29.6 Å². The van der Waals surface area contributed by atoms with Gasteiger partial charge in [0.15, 0.2) is 0 Å². The zero-order chi connectivity index (χ0) is 20.6. The third-order valence-electron chi connectivity index (χ3n) is 4.10. The minimum atomic E-state index is -0.920. The Morgan fingerprint density at radius 3 is 2.54 bits per heavy atom. The highest BCUT2D eigenvalue weighted by Crippen LogP contribution is 2.42. The van der Waals surface area contributed by atoms with Gasteiger partial charge in [0.2, 0.25) is 23.6 Å². The average Bonchev–Trinajstić information content (AvgIpc) is 2.83. The number of hydrogen-bond acceptors (Lipinski definition) is 7. The molecule has 1 aromatic carbocycles. The normalized spacial score (nSPS) is 17.9. The molecular weight excluding hydrogens is 368 g/mol. The van der Waals surface area contributed by atoms with Crippen LogP contribution in [0.15, 0.2) is 28.4 Å². The number of imide groups is 1. The van der Waals surface area contributed by atoms with E-state index in [0.717, 1.165) is 4.57 Å². The molecule has 28 heavy (non-hydrogen) atoms. The molecular formula is C18H20N4O6. The molecule has 0 aliphatic carbocycles. The zero-order valence-corrected chi connectivity index (χ0v) is 15.6. The van der Waals surface area contributed by atoms with E-state index in [1.54, 1.807) is 20.8 Å². The Morgan fingerprint density at radius 2 is 1.89 bits per heavy atom. The van der Waals surface area contributed by atoms with Crippen LogP contribution in [0.5, 0.6) is 11.8 Å². The summed E-state index contributed by atoms with van der Waals surface area (Å²) in [5.74, 6) is -1.66. The number of fused-ring (bicyclic) bond motifs is 1. The van der Waals surface area contributed by atoms with Crippen LogP contribution in [0, 0.1) is 0 Å². The molecule has 0 spiro atoms. The SMILES string of the molecule is CC(C)(C)OC(=O)N=Nc1ccc2c(O)n(C3CCC(=O)NC3=O)c(O)c2c1. The van der Waals surface area contributed by atoms with Gasteiger partial charge in [-0.1, -0.05) is 5.11 Å². The summed E-state index contributed by atoms with van der Waals surface area (Å²) in [4.78, 5) is 35.1. The van der Waals surface area contributed by atoms with Crippen molar-refractivity contribution in [2.45, 2.75) is 45.3 Å². The minimum absolute atomic E-state index is 0.0964. The largest absolute Gasteiger partial charge is 0.494 e. The molecule has 1 aliphatic rings. The average molecular weight is 388 g/mol. The lowest BCUT2D eigenvalue weighted by Gasteiger charge is -2.23. The Bertz CT molecular complexity index is 1000. The van der Waals surface area contributed by atoms with Gasteiger partial charge in [-0.3, -0.25) is 19.5 Å². The summed E-state index contributed by atoms with van der Waals surface area (Å²) >= 11 is 0. The molecule has 10 heteroatoms. The number of hydrogen-bond donors (Lipinski definition) is 3. The lowest BCUT2D eigenvalue weighted by atomic mass is 10.1. The molecule has 1 atom stereocenters. The number of aromatic nitrogens is 1. The second kappa shape index (κ2) is 6.95. The summed E-state index contributed by atoms with van der Waals surface area (Å²) in [7, 11) is 0. The minimum Gasteiger partial charge on any atom is -0.494 e. The van der Waals surface area contributed by atoms with Crippen molar-refractivity contribution in [1.29, 1.82) is 0 Å². The molecule has 148 valence electrons. The summed E-state index contributed by atoms with van der Waals surface area (Å²) in [5.41, 5.74) is -0.461. The number of nitrogens with one attached hydrogen (secondary N) is 1. The number of carbonyl (C=O) groups excluding carboxylic acids is 3. The molecule has 2 heterocycles. The van der Waals surface area contributed by atoms with E-state index in [0.29, 0.717) is 5.39 Å². The van der Waals surface area contributed by atoms with E-state index in [4.69, 9.17) is 4.74 Å². The second-order valence-corrected chi connectivity index (χ2v) is 7.39. The predicted molar refractivity (Wildman–Crippen MR) is 97.4 cm³/mol. The first-order valence-electron chi connectivity index (χ1n) is 8.61. The van der Waals surface area contributed by atoms with Crippen molar-refractivity contribution >= 4 is 34.4 Å². The van der Waals surface area contributed by atoms with E-state index in [9.17, 15) is 24.6 Å². The lowest BCUT2D eigenvalue weighted by molar-refractivity contribution is -0.135. The predicted octanol–water partition coefficient (Wildman–Crippen LogP) is 3.05. The smallest absolute Gasteiger partial charge is 0.452 e. The summed E-state index contributed by atoms with van der Waals surface area (Å²) < 4.78 is 6.10. The molecule has 1 saturated heterocycles. The summed E-state index contributed by atoms with van der Waals surface area (Å²) in [5, 5.41) is 30.9. The maximum absolute atomic E-state index is 12.1. The van der Waals surface area contributed by atoms with Crippen molar-refractivity contribution in [3.05, 3.63) is 18.2 Å². The zero-order valence-electron chi connectivity index (χ0n) is 15.6. The first-order chi connectivity index (χ1) is 13.1. The Morgan fingerprint density at radius 1 is 1.21 bits per heavy atom. The Hall–Kier alpha value is -3.43. The van der Waals surface area contributed by atoms with Crippen molar-refractivity contribution in [2.24, 2.45) is 10.2 Å². The highest BCUT2D eigenvalue weighted by atomic mass is 16.6. The Kier molecular flexibility index (Phi) is 4.80. The molecule has 3 rings (SSSR count). The van der Waals surface area contributed by atoms with Gasteiger partial charge < -0.3 is 14.9 Å². The van der Waals surface area contributed by atoms with E-state index in [1.165, 1.54) is 18.2 Å². The first-order valence-corrected chi connectivity index (χ1v) is 8.61. The summed E-state index contributed by atoms with van der Waals surface area (Å²) in [6, 6.07) is 3.47. The van der Waals surface area contributed by atoms with E-state index in [1.807, 2.05) is 0 Å². The van der Waals surface area contributed by atoms with Crippen LogP contribution in [0.25, 0.3) is 10.8 Å². The van der Waals surface area contributed by atoms with Crippen molar-refractivity contribution in [1.82, 2.24) is 9.88 Å². The molecule has 0 saturated carbocycles. The molecule has 1 aliphatic heterocycles. The van der Waals surface area contributed by atoms with E-state index in [2.05, 4.69) is 15.5 Å². The van der Waals surface area contributed by atoms with E-state index in [-0.39, 0.29) is 35.7 Å². The number of rotatable bonds is 2. The number of azo groups is 1. The van der Waals surface area contributed by atoms with Gasteiger partial charge in [0.1, 0.15) is 11.6 Å². The Balaban J connectivity index is 1.93. The number of aromatic hydroxyl groups is 2. The topological polar surface area (TPSA) is 143 Å². The first kappa shape index (κ1) is 19.3. The maximum Gasteiger partial charge on any atom is 0.452 e. The van der Waals surface area contributed by atoms with Crippen LogP contribution in [0.3, 0.4) is 0 Å². The van der Waals surface area contributed by atoms with Crippen molar-refractivity contribution in [3.63, 3.8) is 0 Å². The Labute approximate surface area is 159 Å². The van der Waals surface area contributed by atoms with Crippen LogP contribution in [0.2, 0.25) is 0 Å². The molecule has 10 nitrogen and oxygen atoms in total. The lowest BCUT2D eigenvalue weighted by Crippen LogP contribution is -2.41. The number of nitrogens with zero attached hydrogens (tertiary/aromatic N) is 3. The van der Waals surface area contributed by atoms with Gasteiger partial charge in [-0.15, -0.1) is 5.11 Å². The highest BCUT2D eigenvalue weighted by molar-refractivity contribution is 6.01. The van der Waals surface area contributed by atoms with Crippen LogP contribution >= 0.6 is 0 Å². The van der Waals surface area contributed by atoms with Crippen LogP contribution in [0.1, 0.15) is 39.7 Å². The molecule has 1 fully saturated rings. The van der Waals surface area contributed by atoms with Gasteiger partial charge in [0.25, 0.3) is 0 Å². The third-order valence-corrected chi connectivity index (χ3v) is 4.10. The number of ether oxygens (including phenoxy) is 1. The van der Waals surface area contributed by atoms with Crippen molar-refractivity contribution in [3.8, 4) is 11.8 Å². The molecule has 3 amide bonds. The molecule has 1 aromatic heterocycles. The number of amides is 3. The summed E-state index contributed by atoms with van der Waals surface area (Å²) in [6.45, 7) is 5.10. The molecule has 0 bridgehead atoms. The monoisotopic (exact) mass is 388 g/mol. The second-order valence-electron chi connectivity index (χ2n) is 7.39. The fourth-order valence-corrected chi connectivity index (χ4v) is 2.94. The number of benzene rings is 1. The quantitative estimate of drug-likeness (QED) is 0.533. The fraction of sp³-hybridized carbons (Fsp3) is 0.389. The highest BCUT2D eigenvalue weighted by Gasteiger charge is 2.32. The number of piperidine rings is 1. The third kappa shape index (κ3) is 3.80. The van der Waals surface area contributed by atoms with Gasteiger partial charge in [0, 0.05) is 17.2 Å². The standard InChI is InChI=1S/C18H20N4O6/c1-18(2,3)28-17(27)21-20-9-4-5-10-11(8-9)16(26)22(15(10)25)12-6-7-13(23)19-14(12)24/h4-5,8,12,25-26H,6-7H2,1-3H3,(H,19,23,24). The fourth-order valence-electron chi connectivity index (χ4n) is 2.94. The molecule has 2 aromatic rings. The van der Waals surface area contributed by atoms with Gasteiger partial charge in [-0.2, -0.15) is 0 Å². The van der Waals surface area contributed by atoms with Crippen LogP contribution in [0.4, 0.5) is 10.5 Å². The van der Waals surface area contributed by atoms with Crippen molar-refractivity contribution < 1.29 is 29.3 Å². The summed E-state index contributed by atoms with van der Waals surface area (Å²) in [6.07, 6.45) is -0.613. The number of carbonyl (C=O) groups is 3. The molecule has 1 unspecified atom stereocenters. The van der Waals surface area contributed by atoms with E-state index >= 15 is 0 Å². The van der Waals surface area contributed by atoms with Gasteiger partial charge in [0.05, 0.1) is 5.69 Å².